The molecule has 1 aliphatic heterocycles. The predicted molar refractivity (Wildman–Crippen MR) is 53.9 cm³/mol. The van der Waals surface area contributed by atoms with Gasteiger partial charge in [-0.15, -0.1) is 0 Å². The Kier molecular flexibility index (Phi) is 3.34. The van der Waals surface area contributed by atoms with Gasteiger partial charge in [0.05, 0.1) is 18.5 Å². The Hall–Kier alpha value is -1.36. The maximum absolute atomic E-state index is 10.9. The van der Waals surface area contributed by atoms with E-state index in [2.05, 4.69) is 9.97 Å². The minimum Gasteiger partial charge on any atom is -0.475 e. The zero-order valence-corrected chi connectivity index (χ0v) is 8.44. The quantitative estimate of drug-likeness (QED) is 0.798. The van der Waals surface area contributed by atoms with Crippen LogP contribution in [0.3, 0.4) is 0 Å². The van der Waals surface area contributed by atoms with Gasteiger partial charge in [0, 0.05) is 6.61 Å². The van der Waals surface area contributed by atoms with Crippen LogP contribution in [0.5, 0.6) is 5.88 Å². The van der Waals surface area contributed by atoms with Crippen LogP contribution in [0, 0.1) is 0 Å². The minimum atomic E-state index is -0.204. The Labute approximate surface area is 87.4 Å². The Bertz CT molecular complexity index is 358. The molecule has 1 fully saturated rings. The van der Waals surface area contributed by atoms with Crippen LogP contribution in [0.25, 0.3) is 0 Å². The highest BCUT2D eigenvalue weighted by Gasteiger charge is 2.14. The van der Waals surface area contributed by atoms with Crippen LogP contribution < -0.4 is 10.3 Å². The molecule has 2 heterocycles. The van der Waals surface area contributed by atoms with E-state index >= 15 is 0 Å². The first-order valence-electron chi connectivity index (χ1n) is 5.14. The fourth-order valence-electron chi connectivity index (χ4n) is 1.55. The van der Waals surface area contributed by atoms with Gasteiger partial charge in [0.2, 0.25) is 5.88 Å². The summed E-state index contributed by atoms with van der Waals surface area (Å²) in [7, 11) is 0. The summed E-state index contributed by atoms with van der Waals surface area (Å²) in [6.07, 6.45) is 4.79. The van der Waals surface area contributed by atoms with E-state index in [9.17, 15) is 4.79 Å². The van der Waals surface area contributed by atoms with Crippen LogP contribution >= 0.6 is 0 Å². The van der Waals surface area contributed by atoms with Crippen molar-refractivity contribution in [1.29, 1.82) is 0 Å². The maximum Gasteiger partial charge on any atom is 0.254 e. The minimum absolute atomic E-state index is 0.139. The Morgan fingerprint density at radius 2 is 2.53 bits per heavy atom. The van der Waals surface area contributed by atoms with Crippen molar-refractivity contribution in [2.45, 2.75) is 25.4 Å². The molecule has 1 aromatic rings. The zero-order chi connectivity index (χ0) is 10.5. The zero-order valence-electron chi connectivity index (χ0n) is 8.44. The Morgan fingerprint density at radius 3 is 3.27 bits per heavy atom. The third-order valence-electron chi connectivity index (χ3n) is 2.34. The first-order valence-corrected chi connectivity index (χ1v) is 5.14. The first-order chi connectivity index (χ1) is 7.34. The third kappa shape index (κ3) is 3.06. The third-order valence-corrected chi connectivity index (χ3v) is 2.34. The van der Waals surface area contributed by atoms with Gasteiger partial charge in [-0.2, -0.15) is 0 Å². The molecule has 1 aromatic heterocycles. The topological polar surface area (TPSA) is 64.2 Å². The van der Waals surface area contributed by atoms with E-state index in [4.69, 9.17) is 9.47 Å². The van der Waals surface area contributed by atoms with Crippen molar-refractivity contribution < 1.29 is 9.47 Å². The van der Waals surface area contributed by atoms with E-state index in [1.165, 1.54) is 18.8 Å². The van der Waals surface area contributed by atoms with Gasteiger partial charge in [0.15, 0.2) is 0 Å². The Morgan fingerprint density at radius 1 is 1.60 bits per heavy atom. The largest absolute Gasteiger partial charge is 0.475 e. The van der Waals surface area contributed by atoms with Crippen LogP contribution in [0.4, 0.5) is 0 Å². The SMILES string of the molecule is O=c1cc(OCC2CCCCO2)nc[nH]1. The fourth-order valence-corrected chi connectivity index (χ4v) is 1.55. The fraction of sp³-hybridized carbons (Fsp3) is 0.600. The van der Waals surface area contributed by atoms with E-state index in [-0.39, 0.29) is 11.7 Å². The van der Waals surface area contributed by atoms with Gasteiger partial charge in [0.1, 0.15) is 6.61 Å². The van der Waals surface area contributed by atoms with Crippen molar-refractivity contribution in [3.63, 3.8) is 0 Å². The molecule has 0 spiro atoms. The van der Waals surface area contributed by atoms with E-state index in [1.54, 1.807) is 0 Å². The standard InChI is InChI=1S/C10H14N2O3/c13-9-5-10(12-7-11-9)15-6-8-3-1-2-4-14-8/h5,7-8H,1-4,6H2,(H,11,12,13). The summed E-state index contributed by atoms with van der Waals surface area (Å²) in [5.74, 6) is 0.355. The molecule has 82 valence electrons. The lowest BCUT2D eigenvalue weighted by molar-refractivity contribution is -0.0119. The van der Waals surface area contributed by atoms with Crippen LogP contribution in [-0.2, 0) is 4.74 Å². The highest BCUT2D eigenvalue weighted by atomic mass is 16.5. The molecule has 1 N–H and O–H groups in total. The van der Waals surface area contributed by atoms with Gasteiger partial charge in [-0.05, 0) is 19.3 Å². The highest BCUT2D eigenvalue weighted by molar-refractivity contribution is 5.04. The van der Waals surface area contributed by atoms with Gasteiger partial charge in [-0.1, -0.05) is 0 Å². The van der Waals surface area contributed by atoms with Gasteiger partial charge >= 0.3 is 0 Å². The summed E-state index contributed by atoms with van der Waals surface area (Å²) in [6, 6.07) is 1.34. The van der Waals surface area contributed by atoms with Crippen LogP contribution in [0.15, 0.2) is 17.2 Å². The molecule has 0 aliphatic carbocycles. The average molecular weight is 210 g/mol. The summed E-state index contributed by atoms with van der Waals surface area (Å²) in [6.45, 7) is 1.27. The van der Waals surface area contributed by atoms with Gasteiger partial charge in [0.25, 0.3) is 5.56 Å². The molecule has 15 heavy (non-hydrogen) atoms. The monoisotopic (exact) mass is 210 g/mol. The number of nitrogens with zero attached hydrogens (tertiary/aromatic N) is 1. The lowest BCUT2D eigenvalue weighted by Crippen LogP contribution is -2.26. The molecule has 1 atom stereocenters. The second-order valence-corrected chi connectivity index (χ2v) is 3.55. The number of aromatic amines is 1. The molecule has 1 unspecified atom stereocenters. The second kappa shape index (κ2) is 4.93. The summed E-state index contributed by atoms with van der Waals surface area (Å²) < 4.78 is 10.9. The number of hydrogen-bond acceptors (Lipinski definition) is 4. The molecule has 0 saturated carbocycles. The van der Waals surface area contributed by atoms with Gasteiger partial charge < -0.3 is 14.5 Å². The second-order valence-electron chi connectivity index (χ2n) is 3.55. The van der Waals surface area contributed by atoms with Crippen molar-refractivity contribution in [2.24, 2.45) is 0 Å². The number of hydrogen-bond donors (Lipinski definition) is 1. The van der Waals surface area contributed by atoms with Crippen LogP contribution in [0.1, 0.15) is 19.3 Å². The van der Waals surface area contributed by atoms with Gasteiger partial charge in [-0.3, -0.25) is 4.79 Å². The maximum atomic E-state index is 10.9. The van der Waals surface area contributed by atoms with E-state index in [1.807, 2.05) is 0 Å². The number of aromatic nitrogens is 2. The van der Waals surface area contributed by atoms with Crippen LogP contribution in [0.2, 0.25) is 0 Å². The first kappa shape index (κ1) is 10.2. The number of ether oxygens (including phenoxy) is 2. The van der Waals surface area contributed by atoms with Crippen molar-refractivity contribution in [3.05, 3.63) is 22.7 Å². The van der Waals surface area contributed by atoms with E-state index in [0.717, 1.165) is 19.4 Å². The van der Waals surface area contributed by atoms with Crippen molar-refractivity contribution in [2.75, 3.05) is 13.2 Å². The normalized spacial score (nSPS) is 21.2. The molecule has 1 saturated heterocycles. The summed E-state index contributed by atoms with van der Waals surface area (Å²) in [4.78, 5) is 17.3. The molecule has 0 radical (unpaired) electrons. The molecule has 0 aromatic carbocycles. The van der Waals surface area contributed by atoms with Gasteiger partial charge in [-0.25, -0.2) is 4.98 Å². The number of nitrogens with one attached hydrogen (secondary N) is 1. The molecule has 2 rings (SSSR count). The molecule has 5 heteroatoms. The predicted octanol–water partition coefficient (Wildman–Crippen LogP) is 0.718. The summed E-state index contributed by atoms with van der Waals surface area (Å²) in [5, 5.41) is 0. The van der Waals surface area contributed by atoms with Crippen LogP contribution in [-0.4, -0.2) is 29.3 Å². The van der Waals surface area contributed by atoms with Crippen molar-refractivity contribution in [1.82, 2.24) is 9.97 Å². The Balaban J connectivity index is 1.84. The summed E-state index contributed by atoms with van der Waals surface area (Å²) >= 11 is 0. The molecule has 5 nitrogen and oxygen atoms in total. The van der Waals surface area contributed by atoms with E-state index in [0.29, 0.717) is 12.5 Å². The van der Waals surface area contributed by atoms with Crippen molar-refractivity contribution in [3.8, 4) is 5.88 Å². The smallest absolute Gasteiger partial charge is 0.254 e. The number of H-pyrrole nitrogens is 1. The molecular weight excluding hydrogens is 196 g/mol. The number of rotatable bonds is 3. The van der Waals surface area contributed by atoms with Crippen molar-refractivity contribution >= 4 is 0 Å². The molecule has 0 amide bonds. The summed E-state index contributed by atoms with van der Waals surface area (Å²) in [5.41, 5.74) is -0.204. The average Bonchev–Trinajstić information content (AvgIpc) is 2.28. The lowest BCUT2D eigenvalue weighted by Gasteiger charge is -2.22. The molecular formula is C10H14N2O3. The molecule has 1 aliphatic rings. The highest BCUT2D eigenvalue weighted by Crippen LogP contribution is 2.13. The lowest BCUT2D eigenvalue weighted by atomic mass is 10.1. The molecule has 0 bridgehead atoms. The van der Waals surface area contributed by atoms with E-state index < -0.39 is 0 Å².